The summed E-state index contributed by atoms with van der Waals surface area (Å²) in [5.74, 6) is 1.79. The van der Waals surface area contributed by atoms with Crippen molar-refractivity contribution in [3.8, 4) is 5.75 Å². The maximum Gasteiger partial charge on any atom is 0.125 e. The summed E-state index contributed by atoms with van der Waals surface area (Å²) in [6.45, 7) is 4.93. The van der Waals surface area contributed by atoms with Gasteiger partial charge in [0, 0.05) is 11.8 Å². The van der Waals surface area contributed by atoms with Crippen LogP contribution in [0, 0.1) is 13.8 Å². The first kappa shape index (κ1) is 14.4. The lowest BCUT2D eigenvalue weighted by Crippen LogP contribution is -2.21. The summed E-state index contributed by atoms with van der Waals surface area (Å²) in [5, 5.41) is 0. The highest BCUT2D eigenvalue weighted by Gasteiger charge is 2.03. The van der Waals surface area contributed by atoms with Gasteiger partial charge in [0.05, 0.1) is 6.61 Å². The second-order valence-electron chi connectivity index (χ2n) is 4.51. The molecule has 3 heteroatoms. The SMILES string of the molecule is Cc1cccc(C)c1OCCCC[C@@H](N)CS. The predicted molar refractivity (Wildman–Crippen MR) is 77.1 cm³/mol. The fourth-order valence-corrected chi connectivity index (χ4v) is 1.98. The van der Waals surface area contributed by atoms with Gasteiger partial charge in [0.2, 0.25) is 0 Å². The quantitative estimate of drug-likeness (QED) is 0.578. The van der Waals surface area contributed by atoms with E-state index >= 15 is 0 Å². The van der Waals surface area contributed by atoms with Crippen LogP contribution < -0.4 is 10.5 Å². The molecule has 0 spiro atoms. The van der Waals surface area contributed by atoms with E-state index in [2.05, 4.69) is 44.7 Å². The van der Waals surface area contributed by atoms with Gasteiger partial charge in [-0.1, -0.05) is 18.2 Å². The average Bonchev–Trinajstić information content (AvgIpc) is 2.31. The van der Waals surface area contributed by atoms with Crippen molar-refractivity contribution in [2.75, 3.05) is 12.4 Å². The zero-order chi connectivity index (χ0) is 12.7. The molecule has 0 fully saturated rings. The van der Waals surface area contributed by atoms with Crippen LogP contribution in [0.15, 0.2) is 18.2 Å². The molecular formula is C14H23NOS. The molecule has 1 aromatic rings. The van der Waals surface area contributed by atoms with Crippen molar-refractivity contribution in [2.24, 2.45) is 5.73 Å². The van der Waals surface area contributed by atoms with Crippen LogP contribution in [-0.4, -0.2) is 18.4 Å². The molecular weight excluding hydrogens is 230 g/mol. The third kappa shape index (κ3) is 5.00. The van der Waals surface area contributed by atoms with E-state index in [1.54, 1.807) is 0 Å². The van der Waals surface area contributed by atoms with Gasteiger partial charge >= 0.3 is 0 Å². The Morgan fingerprint density at radius 3 is 2.47 bits per heavy atom. The fraction of sp³-hybridized carbons (Fsp3) is 0.571. The summed E-state index contributed by atoms with van der Waals surface area (Å²) in [6.07, 6.45) is 3.18. The van der Waals surface area contributed by atoms with Gasteiger partial charge in [-0.05, 0) is 44.2 Å². The summed E-state index contributed by atoms with van der Waals surface area (Å²) in [4.78, 5) is 0. The number of ether oxygens (including phenoxy) is 1. The predicted octanol–water partition coefficient (Wildman–Crippen LogP) is 3.11. The van der Waals surface area contributed by atoms with Gasteiger partial charge in [-0.15, -0.1) is 0 Å². The largest absolute Gasteiger partial charge is 0.493 e. The molecule has 1 aromatic carbocycles. The minimum atomic E-state index is 0.221. The summed E-state index contributed by atoms with van der Waals surface area (Å²) in [6, 6.07) is 6.44. The van der Waals surface area contributed by atoms with Gasteiger partial charge in [0.1, 0.15) is 5.75 Å². The Morgan fingerprint density at radius 2 is 1.88 bits per heavy atom. The van der Waals surface area contributed by atoms with Crippen LogP contribution in [-0.2, 0) is 0 Å². The third-order valence-corrected chi connectivity index (χ3v) is 3.33. The van der Waals surface area contributed by atoms with E-state index in [9.17, 15) is 0 Å². The van der Waals surface area contributed by atoms with E-state index in [-0.39, 0.29) is 6.04 Å². The van der Waals surface area contributed by atoms with Crippen molar-refractivity contribution in [3.63, 3.8) is 0 Å². The zero-order valence-electron chi connectivity index (χ0n) is 10.8. The van der Waals surface area contributed by atoms with E-state index in [0.29, 0.717) is 0 Å². The zero-order valence-corrected chi connectivity index (χ0v) is 11.7. The van der Waals surface area contributed by atoms with Crippen molar-refractivity contribution < 1.29 is 4.74 Å². The molecule has 0 aliphatic carbocycles. The van der Waals surface area contributed by atoms with Crippen molar-refractivity contribution in [1.82, 2.24) is 0 Å². The molecule has 0 saturated heterocycles. The molecule has 1 atom stereocenters. The lowest BCUT2D eigenvalue weighted by Gasteiger charge is -2.12. The second-order valence-corrected chi connectivity index (χ2v) is 4.87. The molecule has 0 bridgehead atoms. The van der Waals surface area contributed by atoms with E-state index in [1.807, 2.05) is 0 Å². The Bertz CT molecular complexity index is 321. The Balaban J connectivity index is 2.27. The molecule has 1 rings (SSSR count). The van der Waals surface area contributed by atoms with Crippen LogP contribution >= 0.6 is 12.6 Å². The van der Waals surface area contributed by atoms with Gasteiger partial charge in [-0.2, -0.15) is 12.6 Å². The molecule has 0 radical (unpaired) electrons. The molecule has 0 unspecified atom stereocenters. The normalized spacial score (nSPS) is 12.5. The summed E-state index contributed by atoms with van der Waals surface area (Å²) < 4.78 is 5.82. The lowest BCUT2D eigenvalue weighted by atomic mass is 10.1. The summed E-state index contributed by atoms with van der Waals surface area (Å²) in [7, 11) is 0. The van der Waals surface area contributed by atoms with Gasteiger partial charge in [0.15, 0.2) is 0 Å². The first-order chi connectivity index (χ1) is 8.15. The molecule has 0 amide bonds. The van der Waals surface area contributed by atoms with Gasteiger partial charge < -0.3 is 10.5 Å². The van der Waals surface area contributed by atoms with Crippen LogP contribution in [0.5, 0.6) is 5.75 Å². The van der Waals surface area contributed by atoms with Crippen LogP contribution in [0.4, 0.5) is 0 Å². The molecule has 96 valence electrons. The van der Waals surface area contributed by atoms with Crippen molar-refractivity contribution in [3.05, 3.63) is 29.3 Å². The monoisotopic (exact) mass is 253 g/mol. The van der Waals surface area contributed by atoms with Gasteiger partial charge in [-0.25, -0.2) is 0 Å². The average molecular weight is 253 g/mol. The minimum absolute atomic E-state index is 0.221. The van der Waals surface area contributed by atoms with Crippen molar-refractivity contribution >= 4 is 12.6 Å². The van der Waals surface area contributed by atoms with E-state index in [0.717, 1.165) is 37.4 Å². The number of rotatable bonds is 7. The number of hydrogen-bond donors (Lipinski definition) is 2. The number of para-hydroxylation sites is 1. The Labute approximate surface area is 110 Å². The maximum atomic E-state index is 5.82. The number of unbranched alkanes of at least 4 members (excludes halogenated alkanes) is 1. The molecule has 2 N–H and O–H groups in total. The molecule has 0 aliphatic rings. The standard InChI is InChI=1S/C14H23NOS/c1-11-6-5-7-12(2)14(11)16-9-4-3-8-13(15)10-17/h5-7,13,17H,3-4,8-10,15H2,1-2H3/t13-/m1/s1. The number of thiol groups is 1. The van der Waals surface area contributed by atoms with Crippen molar-refractivity contribution in [2.45, 2.75) is 39.2 Å². The Morgan fingerprint density at radius 1 is 1.24 bits per heavy atom. The third-order valence-electron chi connectivity index (χ3n) is 2.86. The van der Waals surface area contributed by atoms with E-state index in [1.165, 1.54) is 11.1 Å². The number of benzene rings is 1. The molecule has 17 heavy (non-hydrogen) atoms. The topological polar surface area (TPSA) is 35.2 Å². The summed E-state index contributed by atoms with van der Waals surface area (Å²) in [5.41, 5.74) is 8.21. The highest BCUT2D eigenvalue weighted by atomic mass is 32.1. The maximum absolute atomic E-state index is 5.82. The van der Waals surface area contributed by atoms with Crippen molar-refractivity contribution in [1.29, 1.82) is 0 Å². The Hall–Kier alpha value is -0.670. The number of hydrogen-bond acceptors (Lipinski definition) is 3. The van der Waals surface area contributed by atoms with Crippen LogP contribution in [0.2, 0.25) is 0 Å². The van der Waals surface area contributed by atoms with Crippen LogP contribution in [0.1, 0.15) is 30.4 Å². The fourth-order valence-electron chi connectivity index (χ4n) is 1.80. The van der Waals surface area contributed by atoms with Gasteiger partial charge in [0.25, 0.3) is 0 Å². The first-order valence-corrected chi connectivity index (χ1v) is 6.84. The van der Waals surface area contributed by atoms with Gasteiger partial charge in [-0.3, -0.25) is 0 Å². The molecule has 2 nitrogen and oxygen atoms in total. The second kappa shape index (κ2) is 7.62. The number of aryl methyl sites for hydroxylation is 2. The van der Waals surface area contributed by atoms with E-state index < -0.39 is 0 Å². The Kier molecular flexibility index (Phi) is 6.45. The first-order valence-electron chi connectivity index (χ1n) is 6.20. The highest BCUT2D eigenvalue weighted by Crippen LogP contribution is 2.22. The van der Waals surface area contributed by atoms with Crippen LogP contribution in [0.25, 0.3) is 0 Å². The lowest BCUT2D eigenvalue weighted by molar-refractivity contribution is 0.300. The molecule has 0 heterocycles. The minimum Gasteiger partial charge on any atom is -0.493 e. The van der Waals surface area contributed by atoms with E-state index in [4.69, 9.17) is 10.5 Å². The molecule has 0 aromatic heterocycles. The molecule has 0 aliphatic heterocycles. The summed E-state index contributed by atoms with van der Waals surface area (Å²) >= 11 is 4.17. The smallest absolute Gasteiger partial charge is 0.125 e. The highest BCUT2D eigenvalue weighted by molar-refractivity contribution is 7.80. The number of nitrogens with two attached hydrogens (primary N) is 1. The van der Waals surface area contributed by atoms with Crippen LogP contribution in [0.3, 0.4) is 0 Å². The molecule has 0 saturated carbocycles.